The van der Waals surface area contributed by atoms with Gasteiger partial charge in [-0.25, -0.2) is 0 Å². The third-order valence-corrected chi connectivity index (χ3v) is 1.91. The molecule has 0 bridgehead atoms. The molecule has 0 unspecified atom stereocenters. The average Bonchev–Trinajstić information content (AvgIpc) is 2.13. The third kappa shape index (κ3) is 2.29. The molecule has 0 aromatic heterocycles. The molecule has 1 rings (SSSR count). The van der Waals surface area contributed by atoms with Gasteiger partial charge >= 0.3 is 5.97 Å². The minimum atomic E-state index is -0.512. The van der Waals surface area contributed by atoms with E-state index in [0.29, 0.717) is 0 Å². The highest BCUT2D eigenvalue weighted by Gasteiger charge is 2.12. The van der Waals surface area contributed by atoms with Gasteiger partial charge in [-0.05, 0) is 6.07 Å². The molecule has 0 spiro atoms. The maximum absolute atomic E-state index is 10.9. The first-order chi connectivity index (χ1) is 6.54. The topological polar surface area (TPSA) is 66.8 Å². The van der Waals surface area contributed by atoms with Gasteiger partial charge in [0.2, 0.25) is 0 Å². The molecule has 0 aliphatic rings. The van der Waals surface area contributed by atoms with Gasteiger partial charge in [0.1, 0.15) is 0 Å². The summed E-state index contributed by atoms with van der Waals surface area (Å²) in [7, 11) is 1.24. The van der Waals surface area contributed by atoms with Crippen molar-refractivity contribution in [3.63, 3.8) is 0 Å². The van der Waals surface area contributed by atoms with E-state index in [9.17, 15) is 15.0 Å². The lowest BCUT2D eigenvalue weighted by Gasteiger charge is -2.05. The van der Waals surface area contributed by atoms with Crippen molar-refractivity contribution in [2.75, 3.05) is 7.11 Å². The van der Waals surface area contributed by atoms with Crippen molar-refractivity contribution in [2.24, 2.45) is 0 Å². The lowest BCUT2D eigenvalue weighted by Crippen LogP contribution is -2.04. The molecule has 0 atom stereocenters. The summed E-state index contributed by atoms with van der Waals surface area (Å²) >= 11 is 5.63. The molecule has 0 fully saturated rings. The van der Waals surface area contributed by atoms with Crippen molar-refractivity contribution in [3.05, 3.63) is 22.7 Å². The summed E-state index contributed by atoms with van der Waals surface area (Å²) in [5.41, 5.74) is 0.238. The Balaban J connectivity index is 3.02. The second-order valence-electron chi connectivity index (χ2n) is 2.69. The largest absolute Gasteiger partial charge is 0.504 e. The Hall–Kier alpha value is -1.42. The summed E-state index contributed by atoms with van der Waals surface area (Å²) in [5, 5.41) is 18.8. The Morgan fingerprint density at radius 2 is 2.14 bits per heavy atom. The first-order valence-corrected chi connectivity index (χ1v) is 4.19. The number of benzene rings is 1. The predicted octanol–water partition coefficient (Wildman–Crippen LogP) is 1.47. The van der Waals surface area contributed by atoms with Crippen LogP contribution in [-0.2, 0) is 16.0 Å². The van der Waals surface area contributed by atoms with Crippen LogP contribution in [0.4, 0.5) is 0 Å². The first kappa shape index (κ1) is 10.7. The maximum atomic E-state index is 10.9. The van der Waals surface area contributed by atoms with E-state index < -0.39 is 5.97 Å². The Labute approximate surface area is 85.7 Å². The van der Waals surface area contributed by atoms with Crippen LogP contribution in [0.15, 0.2) is 12.1 Å². The van der Waals surface area contributed by atoms with Gasteiger partial charge < -0.3 is 14.9 Å². The Bertz CT molecular complexity index is 362. The minimum Gasteiger partial charge on any atom is -0.504 e. The van der Waals surface area contributed by atoms with Crippen LogP contribution in [-0.4, -0.2) is 23.3 Å². The zero-order valence-electron chi connectivity index (χ0n) is 7.45. The van der Waals surface area contributed by atoms with Crippen LogP contribution in [0.2, 0.25) is 5.02 Å². The molecule has 0 aliphatic carbocycles. The fourth-order valence-corrected chi connectivity index (χ4v) is 1.24. The van der Waals surface area contributed by atoms with Gasteiger partial charge in [0, 0.05) is 16.7 Å². The second kappa shape index (κ2) is 4.19. The van der Waals surface area contributed by atoms with Gasteiger partial charge in [-0.3, -0.25) is 4.79 Å². The van der Waals surface area contributed by atoms with Crippen LogP contribution in [0.5, 0.6) is 11.5 Å². The summed E-state index contributed by atoms with van der Waals surface area (Å²) in [6, 6.07) is 2.59. The van der Waals surface area contributed by atoms with Gasteiger partial charge in [0.25, 0.3) is 0 Å². The quantitative estimate of drug-likeness (QED) is 0.580. The van der Waals surface area contributed by atoms with Gasteiger partial charge in [-0.15, -0.1) is 0 Å². The number of phenolic OH excluding ortho intramolecular Hbond substituents is 2. The monoisotopic (exact) mass is 216 g/mol. The second-order valence-corrected chi connectivity index (χ2v) is 3.12. The lowest BCUT2D eigenvalue weighted by atomic mass is 10.1. The number of carbonyl (C=O) groups is 1. The molecule has 76 valence electrons. The fraction of sp³-hybridized carbons (Fsp3) is 0.222. The zero-order valence-corrected chi connectivity index (χ0v) is 8.21. The highest BCUT2D eigenvalue weighted by molar-refractivity contribution is 6.30. The SMILES string of the molecule is COC(=O)Cc1cc(Cl)cc(O)c1O. The molecule has 0 aliphatic heterocycles. The van der Waals surface area contributed by atoms with Gasteiger partial charge in [-0.2, -0.15) is 0 Å². The molecule has 0 saturated carbocycles. The molecule has 2 N–H and O–H groups in total. The number of rotatable bonds is 2. The number of aromatic hydroxyl groups is 2. The van der Waals surface area contributed by atoms with Crippen molar-refractivity contribution in [1.29, 1.82) is 0 Å². The molecule has 5 heteroatoms. The predicted molar refractivity (Wildman–Crippen MR) is 50.5 cm³/mol. The van der Waals surface area contributed by atoms with Crippen LogP contribution in [0.25, 0.3) is 0 Å². The van der Waals surface area contributed by atoms with E-state index in [-0.39, 0.29) is 28.5 Å². The van der Waals surface area contributed by atoms with Gasteiger partial charge in [-0.1, -0.05) is 11.6 Å². The number of ether oxygens (including phenoxy) is 1. The van der Waals surface area contributed by atoms with E-state index in [4.69, 9.17) is 11.6 Å². The Kier molecular flexibility index (Phi) is 3.19. The number of methoxy groups -OCH3 is 1. The fourth-order valence-electron chi connectivity index (χ4n) is 1.00. The van der Waals surface area contributed by atoms with Crippen LogP contribution in [0, 0.1) is 0 Å². The standard InChI is InChI=1S/C9H9ClO4/c1-14-8(12)3-5-2-6(10)4-7(11)9(5)13/h2,4,11,13H,3H2,1H3. The summed E-state index contributed by atoms with van der Waals surface area (Å²) in [5.74, 6) is -1.21. The van der Waals surface area contributed by atoms with E-state index in [2.05, 4.69) is 4.74 Å². The molecule has 1 aromatic rings. The van der Waals surface area contributed by atoms with Crippen LogP contribution < -0.4 is 0 Å². The van der Waals surface area contributed by atoms with Gasteiger partial charge in [0.15, 0.2) is 11.5 Å². The van der Waals surface area contributed by atoms with Crippen LogP contribution in [0.1, 0.15) is 5.56 Å². The minimum absolute atomic E-state index is 0.129. The average molecular weight is 217 g/mol. The Morgan fingerprint density at radius 3 is 2.71 bits per heavy atom. The summed E-state index contributed by atoms with van der Waals surface area (Å²) in [6.45, 7) is 0. The van der Waals surface area contributed by atoms with Crippen molar-refractivity contribution < 1.29 is 19.7 Å². The zero-order chi connectivity index (χ0) is 10.7. The van der Waals surface area contributed by atoms with E-state index >= 15 is 0 Å². The number of esters is 1. The molecule has 0 radical (unpaired) electrons. The Morgan fingerprint density at radius 1 is 1.50 bits per heavy atom. The highest BCUT2D eigenvalue weighted by Crippen LogP contribution is 2.32. The number of halogens is 1. The molecular weight excluding hydrogens is 208 g/mol. The summed E-state index contributed by atoms with van der Waals surface area (Å²) in [4.78, 5) is 10.9. The van der Waals surface area contributed by atoms with Crippen molar-refractivity contribution in [1.82, 2.24) is 0 Å². The van der Waals surface area contributed by atoms with E-state index in [0.717, 1.165) is 0 Å². The number of hydrogen-bond acceptors (Lipinski definition) is 4. The molecule has 4 nitrogen and oxygen atoms in total. The summed E-state index contributed by atoms with van der Waals surface area (Å²) < 4.78 is 4.41. The third-order valence-electron chi connectivity index (χ3n) is 1.70. The van der Waals surface area contributed by atoms with Crippen molar-refractivity contribution >= 4 is 17.6 Å². The number of hydrogen-bond donors (Lipinski definition) is 2. The van der Waals surface area contributed by atoms with Crippen LogP contribution in [0.3, 0.4) is 0 Å². The number of phenols is 2. The van der Waals surface area contributed by atoms with E-state index in [1.165, 1.54) is 19.2 Å². The van der Waals surface area contributed by atoms with E-state index in [1.807, 2.05) is 0 Å². The van der Waals surface area contributed by atoms with Crippen molar-refractivity contribution in [3.8, 4) is 11.5 Å². The lowest BCUT2D eigenvalue weighted by molar-refractivity contribution is -0.139. The molecule has 0 amide bonds. The molecule has 0 heterocycles. The summed E-state index contributed by atoms with van der Waals surface area (Å²) in [6.07, 6.45) is -0.129. The molecule has 0 saturated heterocycles. The van der Waals surface area contributed by atoms with Crippen LogP contribution >= 0.6 is 11.6 Å². The first-order valence-electron chi connectivity index (χ1n) is 3.81. The van der Waals surface area contributed by atoms with Crippen molar-refractivity contribution in [2.45, 2.75) is 6.42 Å². The normalized spacial score (nSPS) is 9.86. The molecule has 1 aromatic carbocycles. The number of carbonyl (C=O) groups excluding carboxylic acids is 1. The van der Waals surface area contributed by atoms with Gasteiger partial charge in [0.05, 0.1) is 13.5 Å². The molecule has 14 heavy (non-hydrogen) atoms. The highest BCUT2D eigenvalue weighted by atomic mass is 35.5. The maximum Gasteiger partial charge on any atom is 0.310 e. The van der Waals surface area contributed by atoms with E-state index in [1.54, 1.807) is 0 Å². The smallest absolute Gasteiger partial charge is 0.310 e. The molecular formula is C9H9ClO4.